The summed E-state index contributed by atoms with van der Waals surface area (Å²) in [5.41, 5.74) is 4.44. The van der Waals surface area contributed by atoms with E-state index in [2.05, 4.69) is 15.9 Å². The van der Waals surface area contributed by atoms with Crippen LogP contribution in [0.5, 0.6) is 5.75 Å². The highest BCUT2D eigenvalue weighted by Crippen LogP contribution is 2.37. The van der Waals surface area contributed by atoms with E-state index in [9.17, 15) is 18.3 Å². The summed E-state index contributed by atoms with van der Waals surface area (Å²) in [5, 5.41) is 9.51. The molecular weight excluding hydrogens is 287 g/mol. The van der Waals surface area contributed by atoms with Crippen LogP contribution in [0.2, 0.25) is 0 Å². The predicted molar refractivity (Wildman–Crippen MR) is 58.9 cm³/mol. The first kappa shape index (κ1) is 13.1. The lowest BCUT2D eigenvalue weighted by atomic mass is 10.1. The maximum absolute atomic E-state index is 12.5. The van der Waals surface area contributed by atoms with Crippen molar-refractivity contribution in [2.45, 2.75) is 6.18 Å². The molecule has 0 amide bonds. The van der Waals surface area contributed by atoms with Gasteiger partial charge in [-0.15, -0.1) is 0 Å². The molecule has 0 aromatic heterocycles. The molecule has 0 saturated carbocycles. The minimum atomic E-state index is -4.44. The zero-order valence-electron chi connectivity index (χ0n) is 8.05. The molecule has 6 heteroatoms. The number of alkyl halides is 3. The third-order valence-corrected chi connectivity index (χ3v) is 2.46. The normalized spacial score (nSPS) is 12.3. The molecule has 1 aromatic carbocycles. The summed E-state index contributed by atoms with van der Waals surface area (Å²) >= 11 is 2.87. The number of aromatic hydroxyl groups is 1. The van der Waals surface area contributed by atoms with Crippen LogP contribution in [0.1, 0.15) is 11.1 Å². The average Bonchev–Trinajstić information content (AvgIpc) is 2.18. The van der Waals surface area contributed by atoms with E-state index < -0.39 is 11.7 Å². The number of phenolic OH excluding ortho intramolecular Hbond substituents is 1. The van der Waals surface area contributed by atoms with E-state index >= 15 is 0 Å². The van der Waals surface area contributed by atoms with Crippen molar-refractivity contribution in [3.63, 3.8) is 0 Å². The van der Waals surface area contributed by atoms with E-state index in [0.717, 1.165) is 12.1 Å². The first-order chi connectivity index (χ1) is 7.36. The molecule has 0 heterocycles. The van der Waals surface area contributed by atoms with Crippen molar-refractivity contribution in [2.24, 2.45) is 5.73 Å². The molecule has 3 N–H and O–H groups in total. The fraction of sp³-hybridized carbons (Fsp3) is 0.200. The zero-order chi connectivity index (χ0) is 12.3. The SMILES string of the molecule is NC/C=C/c1cc(C(F)(F)F)cc(Br)c1O. The third kappa shape index (κ3) is 2.99. The van der Waals surface area contributed by atoms with Gasteiger partial charge in [-0.1, -0.05) is 12.2 Å². The van der Waals surface area contributed by atoms with Gasteiger partial charge in [-0.25, -0.2) is 0 Å². The van der Waals surface area contributed by atoms with Crippen LogP contribution in [-0.2, 0) is 6.18 Å². The van der Waals surface area contributed by atoms with Gasteiger partial charge in [-0.05, 0) is 28.1 Å². The molecule has 0 unspecified atom stereocenters. The van der Waals surface area contributed by atoms with Crippen LogP contribution >= 0.6 is 15.9 Å². The summed E-state index contributed by atoms with van der Waals surface area (Å²) in [6, 6.07) is 1.70. The van der Waals surface area contributed by atoms with Crippen LogP contribution < -0.4 is 5.73 Å². The number of nitrogens with two attached hydrogens (primary N) is 1. The van der Waals surface area contributed by atoms with Crippen molar-refractivity contribution < 1.29 is 18.3 Å². The zero-order valence-corrected chi connectivity index (χ0v) is 9.64. The molecule has 16 heavy (non-hydrogen) atoms. The molecule has 0 radical (unpaired) electrons. The van der Waals surface area contributed by atoms with Gasteiger partial charge in [0.15, 0.2) is 0 Å². The molecule has 1 rings (SSSR count). The number of rotatable bonds is 2. The molecule has 0 atom stereocenters. The highest BCUT2D eigenvalue weighted by Gasteiger charge is 2.31. The van der Waals surface area contributed by atoms with Crippen LogP contribution in [-0.4, -0.2) is 11.7 Å². The number of hydrogen-bond acceptors (Lipinski definition) is 2. The van der Waals surface area contributed by atoms with Crippen molar-refractivity contribution in [2.75, 3.05) is 6.54 Å². The van der Waals surface area contributed by atoms with E-state index in [1.54, 1.807) is 0 Å². The van der Waals surface area contributed by atoms with Gasteiger partial charge in [0.1, 0.15) is 5.75 Å². The van der Waals surface area contributed by atoms with Gasteiger partial charge < -0.3 is 10.8 Å². The molecule has 1 aromatic rings. The smallest absolute Gasteiger partial charge is 0.416 e. The monoisotopic (exact) mass is 295 g/mol. The van der Waals surface area contributed by atoms with Crippen molar-refractivity contribution in [3.05, 3.63) is 33.8 Å². The molecule has 0 aliphatic rings. The van der Waals surface area contributed by atoms with E-state index in [0.29, 0.717) is 0 Å². The van der Waals surface area contributed by atoms with Gasteiger partial charge in [0.05, 0.1) is 10.0 Å². The first-order valence-electron chi connectivity index (χ1n) is 4.32. The van der Waals surface area contributed by atoms with Crippen LogP contribution in [0.3, 0.4) is 0 Å². The van der Waals surface area contributed by atoms with Crippen molar-refractivity contribution in [3.8, 4) is 5.75 Å². The highest BCUT2D eigenvalue weighted by molar-refractivity contribution is 9.10. The molecule has 0 aliphatic carbocycles. The summed E-state index contributed by atoms with van der Waals surface area (Å²) in [6.07, 6.45) is -1.64. The number of halogens is 4. The largest absolute Gasteiger partial charge is 0.506 e. The van der Waals surface area contributed by atoms with E-state index in [1.165, 1.54) is 12.2 Å². The van der Waals surface area contributed by atoms with E-state index in [1.807, 2.05) is 0 Å². The Morgan fingerprint density at radius 2 is 2.00 bits per heavy atom. The lowest BCUT2D eigenvalue weighted by Crippen LogP contribution is -2.05. The van der Waals surface area contributed by atoms with Crippen molar-refractivity contribution >= 4 is 22.0 Å². The van der Waals surface area contributed by atoms with Gasteiger partial charge in [0.25, 0.3) is 0 Å². The van der Waals surface area contributed by atoms with Gasteiger partial charge in [0, 0.05) is 12.1 Å². The fourth-order valence-electron chi connectivity index (χ4n) is 1.11. The summed E-state index contributed by atoms with van der Waals surface area (Å²) in [7, 11) is 0. The van der Waals surface area contributed by atoms with Crippen molar-refractivity contribution in [1.29, 1.82) is 0 Å². The maximum atomic E-state index is 12.5. The molecule has 0 saturated heterocycles. The fourth-order valence-corrected chi connectivity index (χ4v) is 1.58. The standard InChI is InChI=1S/C10H9BrF3NO/c11-8-5-7(10(12,13)14)4-6(9(8)16)2-1-3-15/h1-2,4-5,16H,3,15H2/b2-1+. The van der Waals surface area contributed by atoms with Crippen LogP contribution in [0.15, 0.2) is 22.7 Å². The Hall–Kier alpha value is -1.01. The molecule has 0 fully saturated rings. The van der Waals surface area contributed by atoms with Crippen LogP contribution in [0, 0.1) is 0 Å². The lowest BCUT2D eigenvalue weighted by Gasteiger charge is -2.10. The van der Waals surface area contributed by atoms with E-state index in [4.69, 9.17) is 5.73 Å². The maximum Gasteiger partial charge on any atom is 0.416 e. The summed E-state index contributed by atoms with van der Waals surface area (Å²) in [5.74, 6) is -0.238. The summed E-state index contributed by atoms with van der Waals surface area (Å²) in [6.45, 7) is 0.188. The Balaban J connectivity index is 3.28. The van der Waals surface area contributed by atoms with Gasteiger partial charge in [-0.2, -0.15) is 13.2 Å². The third-order valence-electron chi connectivity index (χ3n) is 1.85. The molecule has 0 bridgehead atoms. The number of benzene rings is 1. The van der Waals surface area contributed by atoms with Gasteiger partial charge in [0.2, 0.25) is 0 Å². The first-order valence-corrected chi connectivity index (χ1v) is 5.12. The second kappa shape index (κ2) is 4.88. The Morgan fingerprint density at radius 1 is 1.38 bits per heavy atom. The lowest BCUT2D eigenvalue weighted by molar-refractivity contribution is -0.137. The number of phenols is 1. The predicted octanol–water partition coefficient (Wildman–Crippen LogP) is 3.15. The number of hydrogen-bond donors (Lipinski definition) is 2. The minimum Gasteiger partial charge on any atom is -0.506 e. The van der Waals surface area contributed by atoms with Crippen LogP contribution in [0.25, 0.3) is 6.08 Å². The Morgan fingerprint density at radius 3 is 2.50 bits per heavy atom. The van der Waals surface area contributed by atoms with Gasteiger partial charge in [-0.3, -0.25) is 0 Å². The molecule has 2 nitrogen and oxygen atoms in total. The minimum absolute atomic E-state index is 0.000929. The summed E-state index contributed by atoms with van der Waals surface area (Å²) < 4.78 is 37.4. The van der Waals surface area contributed by atoms with Crippen LogP contribution in [0.4, 0.5) is 13.2 Å². The second-order valence-corrected chi connectivity index (χ2v) is 3.89. The average molecular weight is 296 g/mol. The Labute approximate surface area is 98.7 Å². The van der Waals surface area contributed by atoms with Crippen molar-refractivity contribution in [1.82, 2.24) is 0 Å². The quantitative estimate of drug-likeness (QED) is 0.880. The molecule has 88 valence electrons. The second-order valence-electron chi connectivity index (χ2n) is 3.03. The topological polar surface area (TPSA) is 46.2 Å². The Kier molecular flexibility index (Phi) is 3.98. The molecule has 0 aliphatic heterocycles. The molecule has 0 spiro atoms. The highest BCUT2D eigenvalue weighted by atomic mass is 79.9. The Bertz CT molecular complexity index is 415. The van der Waals surface area contributed by atoms with E-state index in [-0.39, 0.29) is 22.3 Å². The molecular formula is C10H9BrF3NO. The summed E-state index contributed by atoms with van der Waals surface area (Å²) in [4.78, 5) is 0. The van der Waals surface area contributed by atoms with Gasteiger partial charge >= 0.3 is 6.18 Å².